The first-order valence-corrected chi connectivity index (χ1v) is 6.95. The highest BCUT2D eigenvalue weighted by molar-refractivity contribution is 6.36. The van der Waals surface area contributed by atoms with Crippen LogP contribution in [0.1, 0.15) is 23.2 Å². The number of likely N-dealkylation sites (N-methyl/N-ethyl adjacent to an activating group) is 1. The molecule has 0 aliphatic carbocycles. The highest BCUT2D eigenvalue weighted by Gasteiger charge is 2.23. The van der Waals surface area contributed by atoms with E-state index in [1.54, 1.807) is 30.1 Å². The number of rotatable bonds is 3. The summed E-state index contributed by atoms with van der Waals surface area (Å²) in [5, 5.41) is 0.234. The molecule has 108 valence electrons. The standard InChI is InChI=1S/C14H18ClN3O2/c1-17(9-12(19)18-7-2-3-8-18)14(20)10-5-4-6-11(16)13(10)15/h4-6H,2-3,7-9,16H2,1H3. The van der Waals surface area contributed by atoms with Crippen molar-refractivity contribution in [2.24, 2.45) is 0 Å². The number of carbonyl (C=O) groups excluding carboxylic acids is 2. The quantitative estimate of drug-likeness (QED) is 0.862. The maximum absolute atomic E-state index is 12.3. The summed E-state index contributed by atoms with van der Waals surface area (Å²) in [5.74, 6) is -0.326. The summed E-state index contributed by atoms with van der Waals surface area (Å²) >= 11 is 6.03. The van der Waals surface area contributed by atoms with Gasteiger partial charge >= 0.3 is 0 Å². The molecule has 1 saturated heterocycles. The van der Waals surface area contributed by atoms with Crippen LogP contribution in [-0.2, 0) is 4.79 Å². The molecule has 1 aromatic rings. The third-order valence-corrected chi connectivity index (χ3v) is 3.86. The Morgan fingerprint density at radius 2 is 2.00 bits per heavy atom. The summed E-state index contributed by atoms with van der Waals surface area (Å²) in [6.45, 7) is 1.61. The minimum atomic E-state index is -0.296. The number of likely N-dealkylation sites (tertiary alicyclic amines) is 1. The monoisotopic (exact) mass is 295 g/mol. The molecule has 0 radical (unpaired) electrons. The van der Waals surface area contributed by atoms with Crippen LogP contribution in [-0.4, -0.2) is 48.3 Å². The number of anilines is 1. The lowest BCUT2D eigenvalue weighted by atomic mass is 10.1. The molecule has 6 heteroatoms. The Labute approximate surface area is 123 Å². The van der Waals surface area contributed by atoms with Gasteiger partial charge in [0.1, 0.15) is 0 Å². The first-order chi connectivity index (χ1) is 9.50. The first-order valence-electron chi connectivity index (χ1n) is 6.58. The first kappa shape index (κ1) is 14.7. The Morgan fingerprint density at radius 1 is 1.35 bits per heavy atom. The van der Waals surface area contributed by atoms with Crippen molar-refractivity contribution in [2.45, 2.75) is 12.8 Å². The Balaban J connectivity index is 2.04. The van der Waals surface area contributed by atoms with Crippen molar-refractivity contribution in [2.75, 3.05) is 32.4 Å². The Hall–Kier alpha value is -1.75. The molecule has 2 amide bonds. The molecule has 0 saturated carbocycles. The minimum Gasteiger partial charge on any atom is -0.398 e. The SMILES string of the molecule is CN(CC(=O)N1CCCC1)C(=O)c1cccc(N)c1Cl. The summed E-state index contributed by atoms with van der Waals surface area (Å²) < 4.78 is 0. The number of halogens is 1. The predicted octanol–water partition coefficient (Wildman–Crippen LogP) is 1.62. The molecule has 1 aliphatic heterocycles. The van der Waals surface area contributed by atoms with E-state index in [4.69, 9.17) is 17.3 Å². The fourth-order valence-electron chi connectivity index (χ4n) is 2.26. The molecule has 5 nitrogen and oxygen atoms in total. The van der Waals surface area contributed by atoms with E-state index in [1.165, 1.54) is 4.90 Å². The molecule has 0 bridgehead atoms. The van der Waals surface area contributed by atoms with Crippen LogP contribution in [0.15, 0.2) is 18.2 Å². The second kappa shape index (κ2) is 6.13. The van der Waals surface area contributed by atoms with Crippen LogP contribution < -0.4 is 5.73 Å². The Morgan fingerprint density at radius 3 is 2.65 bits per heavy atom. The zero-order valence-corrected chi connectivity index (χ0v) is 12.2. The fraction of sp³-hybridized carbons (Fsp3) is 0.429. The van der Waals surface area contributed by atoms with E-state index >= 15 is 0 Å². The van der Waals surface area contributed by atoms with Crippen molar-refractivity contribution in [3.05, 3.63) is 28.8 Å². The van der Waals surface area contributed by atoms with Gasteiger partial charge in [-0.2, -0.15) is 0 Å². The van der Waals surface area contributed by atoms with Crippen molar-refractivity contribution in [1.29, 1.82) is 0 Å². The molecule has 0 atom stereocenters. The molecule has 0 aromatic heterocycles. The van der Waals surface area contributed by atoms with Gasteiger partial charge in [0.05, 0.1) is 22.8 Å². The van der Waals surface area contributed by atoms with E-state index in [1.807, 2.05) is 0 Å². The zero-order valence-electron chi connectivity index (χ0n) is 11.4. The van der Waals surface area contributed by atoms with Gasteiger partial charge in [0.25, 0.3) is 5.91 Å². The molecule has 20 heavy (non-hydrogen) atoms. The van der Waals surface area contributed by atoms with Crippen molar-refractivity contribution < 1.29 is 9.59 Å². The summed E-state index contributed by atoms with van der Waals surface area (Å²) in [5.41, 5.74) is 6.36. The second-order valence-corrected chi connectivity index (χ2v) is 5.34. The molecular formula is C14H18ClN3O2. The van der Waals surface area contributed by atoms with E-state index in [9.17, 15) is 9.59 Å². The lowest BCUT2D eigenvalue weighted by molar-refractivity contribution is -0.130. The summed E-state index contributed by atoms with van der Waals surface area (Å²) in [6.07, 6.45) is 2.06. The molecule has 0 unspecified atom stereocenters. The van der Waals surface area contributed by atoms with Crippen LogP contribution in [0, 0.1) is 0 Å². The van der Waals surface area contributed by atoms with Gasteiger partial charge < -0.3 is 15.5 Å². The van der Waals surface area contributed by atoms with Gasteiger partial charge in [-0.3, -0.25) is 9.59 Å². The number of amides is 2. The van der Waals surface area contributed by atoms with Crippen LogP contribution in [0.4, 0.5) is 5.69 Å². The minimum absolute atomic E-state index is 0.0293. The number of benzene rings is 1. The van der Waals surface area contributed by atoms with Gasteiger partial charge in [-0.05, 0) is 25.0 Å². The van der Waals surface area contributed by atoms with Crippen LogP contribution in [0.5, 0.6) is 0 Å². The van der Waals surface area contributed by atoms with Crippen molar-refractivity contribution in [1.82, 2.24) is 9.80 Å². The lowest BCUT2D eigenvalue weighted by Crippen LogP contribution is -2.39. The van der Waals surface area contributed by atoms with Crippen LogP contribution in [0.25, 0.3) is 0 Å². The second-order valence-electron chi connectivity index (χ2n) is 4.96. The third kappa shape index (κ3) is 3.04. The Bertz CT molecular complexity index is 527. The third-order valence-electron chi connectivity index (χ3n) is 3.44. The number of carbonyl (C=O) groups is 2. The normalized spacial score (nSPS) is 14.4. The average molecular weight is 296 g/mol. The molecule has 0 spiro atoms. The summed E-state index contributed by atoms with van der Waals surface area (Å²) in [4.78, 5) is 27.5. The van der Waals surface area contributed by atoms with Gasteiger partial charge in [0.2, 0.25) is 5.91 Å². The van der Waals surface area contributed by atoms with E-state index in [0.717, 1.165) is 25.9 Å². The predicted molar refractivity (Wildman–Crippen MR) is 78.6 cm³/mol. The molecule has 2 N–H and O–H groups in total. The number of nitrogens with zero attached hydrogens (tertiary/aromatic N) is 2. The van der Waals surface area contributed by atoms with Gasteiger partial charge in [-0.15, -0.1) is 0 Å². The lowest BCUT2D eigenvalue weighted by Gasteiger charge is -2.22. The fourth-order valence-corrected chi connectivity index (χ4v) is 2.47. The molecule has 1 heterocycles. The number of hydrogen-bond donors (Lipinski definition) is 1. The number of nitrogen functional groups attached to an aromatic ring is 1. The van der Waals surface area contributed by atoms with Gasteiger partial charge in [-0.25, -0.2) is 0 Å². The van der Waals surface area contributed by atoms with Crippen LogP contribution >= 0.6 is 11.6 Å². The number of hydrogen-bond acceptors (Lipinski definition) is 3. The summed E-state index contributed by atoms with van der Waals surface area (Å²) in [6, 6.07) is 4.91. The number of nitrogens with two attached hydrogens (primary N) is 1. The smallest absolute Gasteiger partial charge is 0.255 e. The zero-order chi connectivity index (χ0) is 14.7. The Kier molecular flexibility index (Phi) is 4.49. The molecule has 1 aromatic carbocycles. The maximum Gasteiger partial charge on any atom is 0.255 e. The van der Waals surface area contributed by atoms with Gasteiger partial charge in [-0.1, -0.05) is 17.7 Å². The highest BCUT2D eigenvalue weighted by Crippen LogP contribution is 2.24. The van der Waals surface area contributed by atoms with Gasteiger partial charge in [0, 0.05) is 20.1 Å². The van der Waals surface area contributed by atoms with E-state index in [0.29, 0.717) is 11.3 Å². The van der Waals surface area contributed by atoms with E-state index in [-0.39, 0.29) is 23.4 Å². The summed E-state index contributed by atoms with van der Waals surface area (Å²) in [7, 11) is 1.59. The highest BCUT2D eigenvalue weighted by atomic mass is 35.5. The van der Waals surface area contributed by atoms with Crippen molar-refractivity contribution >= 4 is 29.1 Å². The molecule has 2 rings (SSSR count). The average Bonchev–Trinajstić information content (AvgIpc) is 2.95. The van der Waals surface area contributed by atoms with Crippen LogP contribution in [0.3, 0.4) is 0 Å². The molecular weight excluding hydrogens is 278 g/mol. The molecule has 1 fully saturated rings. The van der Waals surface area contributed by atoms with Crippen LogP contribution in [0.2, 0.25) is 5.02 Å². The maximum atomic E-state index is 12.3. The van der Waals surface area contributed by atoms with Crippen molar-refractivity contribution in [3.63, 3.8) is 0 Å². The largest absolute Gasteiger partial charge is 0.398 e. The topological polar surface area (TPSA) is 66.6 Å². The van der Waals surface area contributed by atoms with Gasteiger partial charge in [0.15, 0.2) is 0 Å². The van der Waals surface area contributed by atoms with E-state index < -0.39 is 0 Å². The van der Waals surface area contributed by atoms with E-state index in [2.05, 4.69) is 0 Å². The van der Waals surface area contributed by atoms with Crippen molar-refractivity contribution in [3.8, 4) is 0 Å². The molecule has 1 aliphatic rings.